The Labute approximate surface area is 93.0 Å². The molecule has 0 heterocycles. The zero-order valence-electron chi connectivity index (χ0n) is 7.55. The molecule has 0 aromatic heterocycles. The number of benzene rings is 1. The summed E-state index contributed by atoms with van der Waals surface area (Å²) >= 11 is 2.99. The standard InChI is InChI=1S/C9H9BrF3NO/c10-7-2-1-5(11)3-6(7)8(14)9(12,13)4-15/h1-3,8,15H,4,14H2/t8-/m0/s1. The molecule has 1 atom stereocenters. The highest BCUT2D eigenvalue weighted by Gasteiger charge is 2.38. The summed E-state index contributed by atoms with van der Waals surface area (Å²) in [6.45, 7) is -1.38. The molecule has 0 unspecified atom stereocenters. The van der Waals surface area contributed by atoms with Crippen molar-refractivity contribution in [1.29, 1.82) is 0 Å². The van der Waals surface area contributed by atoms with Crippen LogP contribution in [0.2, 0.25) is 0 Å². The topological polar surface area (TPSA) is 46.2 Å². The number of rotatable bonds is 3. The maximum absolute atomic E-state index is 13.0. The van der Waals surface area contributed by atoms with Gasteiger partial charge in [-0.3, -0.25) is 0 Å². The summed E-state index contributed by atoms with van der Waals surface area (Å²) in [5.41, 5.74) is 5.17. The Bertz CT molecular complexity index is 359. The molecule has 0 spiro atoms. The molecule has 0 saturated carbocycles. The van der Waals surface area contributed by atoms with Crippen LogP contribution in [0.15, 0.2) is 22.7 Å². The van der Waals surface area contributed by atoms with E-state index in [1.54, 1.807) is 0 Å². The fourth-order valence-corrected chi connectivity index (χ4v) is 1.57. The summed E-state index contributed by atoms with van der Waals surface area (Å²) in [5, 5.41) is 8.45. The lowest BCUT2D eigenvalue weighted by Crippen LogP contribution is -2.36. The van der Waals surface area contributed by atoms with Gasteiger partial charge >= 0.3 is 0 Å². The molecule has 2 nitrogen and oxygen atoms in total. The first-order valence-electron chi connectivity index (χ1n) is 4.07. The second-order valence-electron chi connectivity index (χ2n) is 3.06. The Morgan fingerprint density at radius 2 is 2.07 bits per heavy atom. The molecule has 0 fully saturated rings. The molecular weight excluding hydrogens is 275 g/mol. The van der Waals surface area contributed by atoms with E-state index in [1.807, 2.05) is 0 Å². The van der Waals surface area contributed by atoms with E-state index in [9.17, 15) is 13.2 Å². The molecule has 0 bridgehead atoms. The van der Waals surface area contributed by atoms with Crippen molar-refractivity contribution in [2.75, 3.05) is 6.61 Å². The maximum Gasteiger partial charge on any atom is 0.289 e. The van der Waals surface area contributed by atoms with Crippen molar-refractivity contribution < 1.29 is 18.3 Å². The molecule has 0 amide bonds. The van der Waals surface area contributed by atoms with E-state index >= 15 is 0 Å². The van der Waals surface area contributed by atoms with Crippen molar-refractivity contribution in [3.05, 3.63) is 34.1 Å². The van der Waals surface area contributed by atoms with Crippen LogP contribution in [0.3, 0.4) is 0 Å². The summed E-state index contributed by atoms with van der Waals surface area (Å²) in [5.74, 6) is -4.13. The molecule has 1 aromatic carbocycles. The minimum atomic E-state index is -3.48. The summed E-state index contributed by atoms with van der Waals surface area (Å²) in [6.07, 6.45) is 0. The molecular formula is C9H9BrF3NO. The monoisotopic (exact) mass is 283 g/mol. The average Bonchev–Trinajstić information content (AvgIpc) is 2.20. The normalized spacial score (nSPS) is 14.0. The molecule has 1 aromatic rings. The first-order valence-corrected chi connectivity index (χ1v) is 4.87. The van der Waals surface area contributed by atoms with Gasteiger partial charge in [0.15, 0.2) is 0 Å². The van der Waals surface area contributed by atoms with E-state index in [-0.39, 0.29) is 10.0 Å². The molecule has 1 rings (SSSR count). The summed E-state index contributed by atoms with van der Waals surface area (Å²) < 4.78 is 39.1. The molecule has 0 saturated heterocycles. The minimum absolute atomic E-state index is 0.0750. The number of halogens is 4. The van der Waals surface area contributed by atoms with Gasteiger partial charge in [0.25, 0.3) is 5.92 Å². The zero-order valence-corrected chi connectivity index (χ0v) is 9.14. The van der Waals surface area contributed by atoms with Gasteiger partial charge in [0.1, 0.15) is 12.4 Å². The first-order chi connectivity index (χ1) is 6.88. The SMILES string of the molecule is N[C@@H](c1cc(F)ccc1Br)C(F)(F)CO. The first kappa shape index (κ1) is 12.5. The summed E-state index contributed by atoms with van der Waals surface area (Å²) in [6, 6.07) is 1.58. The summed E-state index contributed by atoms with van der Waals surface area (Å²) in [4.78, 5) is 0. The predicted octanol–water partition coefficient (Wildman–Crippen LogP) is 2.22. The third-order valence-electron chi connectivity index (χ3n) is 1.96. The van der Waals surface area contributed by atoms with E-state index in [0.29, 0.717) is 0 Å². The molecule has 3 N–H and O–H groups in total. The van der Waals surface area contributed by atoms with E-state index in [2.05, 4.69) is 15.9 Å². The van der Waals surface area contributed by atoms with Crippen LogP contribution in [0.25, 0.3) is 0 Å². The Morgan fingerprint density at radius 1 is 1.47 bits per heavy atom. The molecule has 0 aliphatic heterocycles. The second-order valence-corrected chi connectivity index (χ2v) is 3.92. The van der Waals surface area contributed by atoms with Crippen molar-refractivity contribution in [2.24, 2.45) is 5.73 Å². The molecule has 0 radical (unpaired) electrons. The van der Waals surface area contributed by atoms with Gasteiger partial charge in [0.2, 0.25) is 0 Å². The molecule has 6 heteroatoms. The van der Waals surface area contributed by atoms with Crippen LogP contribution in [0.4, 0.5) is 13.2 Å². The van der Waals surface area contributed by atoms with E-state index < -0.39 is 24.4 Å². The van der Waals surface area contributed by atoms with Gasteiger partial charge in [0, 0.05) is 4.47 Å². The molecule has 15 heavy (non-hydrogen) atoms. The van der Waals surface area contributed by atoms with Gasteiger partial charge in [-0.2, -0.15) is 0 Å². The van der Waals surface area contributed by atoms with Crippen molar-refractivity contribution in [2.45, 2.75) is 12.0 Å². The van der Waals surface area contributed by atoms with Gasteiger partial charge < -0.3 is 10.8 Å². The summed E-state index contributed by atoms with van der Waals surface area (Å²) in [7, 11) is 0. The van der Waals surface area contributed by atoms with E-state index in [4.69, 9.17) is 10.8 Å². The third-order valence-corrected chi connectivity index (χ3v) is 2.68. The Balaban J connectivity index is 3.10. The third kappa shape index (κ3) is 2.70. The minimum Gasteiger partial charge on any atom is -0.390 e. The lowest BCUT2D eigenvalue weighted by molar-refractivity contribution is -0.0713. The lowest BCUT2D eigenvalue weighted by Gasteiger charge is -2.22. The lowest BCUT2D eigenvalue weighted by atomic mass is 10.0. The zero-order chi connectivity index (χ0) is 11.6. The van der Waals surface area contributed by atoms with Crippen LogP contribution < -0.4 is 5.73 Å². The fourth-order valence-electron chi connectivity index (χ4n) is 1.08. The van der Waals surface area contributed by atoms with Crippen LogP contribution in [0, 0.1) is 5.82 Å². The quantitative estimate of drug-likeness (QED) is 0.894. The van der Waals surface area contributed by atoms with Crippen LogP contribution in [0.1, 0.15) is 11.6 Å². The number of aliphatic hydroxyl groups is 1. The van der Waals surface area contributed by atoms with Crippen LogP contribution in [-0.2, 0) is 0 Å². The number of hydrogen-bond donors (Lipinski definition) is 2. The average molecular weight is 284 g/mol. The Hall–Kier alpha value is -0.590. The van der Waals surface area contributed by atoms with Gasteiger partial charge in [-0.1, -0.05) is 15.9 Å². The van der Waals surface area contributed by atoms with Crippen molar-refractivity contribution >= 4 is 15.9 Å². The molecule has 0 aliphatic carbocycles. The second kappa shape index (κ2) is 4.51. The van der Waals surface area contributed by atoms with Crippen molar-refractivity contribution in [3.8, 4) is 0 Å². The highest BCUT2D eigenvalue weighted by Crippen LogP contribution is 2.33. The van der Waals surface area contributed by atoms with Gasteiger partial charge in [-0.15, -0.1) is 0 Å². The number of hydrogen-bond acceptors (Lipinski definition) is 2. The van der Waals surface area contributed by atoms with Gasteiger partial charge in [-0.25, -0.2) is 13.2 Å². The maximum atomic E-state index is 13.0. The number of alkyl halides is 2. The van der Waals surface area contributed by atoms with Crippen molar-refractivity contribution in [1.82, 2.24) is 0 Å². The van der Waals surface area contributed by atoms with Crippen LogP contribution in [0.5, 0.6) is 0 Å². The van der Waals surface area contributed by atoms with E-state index in [1.165, 1.54) is 6.07 Å². The number of nitrogens with two attached hydrogens (primary N) is 1. The molecule has 0 aliphatic rings. The largest absolute Gasteiger partial charge is 0.390 e. The van der Waals surface area contributed by atoms with Crippen LogP contribution >= 0.6 is 15.9 Å². The van der Waals surface area contributed by atoms with E-state index in [0.717, 1.165) is 12.1 Å². The number of aliphatic hydroxyl groups excluding tert-OH is 1. The highest BCUT2D eigenvalue weighted by atomic mass is 79.9. The smallest absolute Gasteiger partial charge is 0.289 e. The fraction of sp³-hybridized carbons (Fsp3) is 0.333. The van der Waals surface area contributed by atoms with Crippen LogP contribution in [-0.4, -0.2) is 17.6 Å². The highest BCUT2D eigenvalue weighted by molar-refractivity contribution is 9.10. The van der Waals surface area contributed by atoms with Crippen molar-refractivity contribution in [3.63, 3.8) is 0 Å². The van der Waals surface area contributed by atoms with Gasteiger partial charge in [0.05, 0.1) is 6.04 Å². The predicted molar refractivity (Wildman–Crippen MR) is 53.1 cm³/mol. The molecule has 84 valence electrons. The Morgan fingerprint density at radius 3 is 2.60 bits per heavy atom. The van der Waals surface area contributed by atoms with Gasteiger partial charge in [-0.05, 0) is 23.8 Å². The Kier molecular flexibility index (Phi) is 3.75.